The Morgan fingerprint density at radius 2 is 2.03 bits per heavy atom. The first-order valence-electron chi connectivity index (χ1n) is 10.3. The molecule has 0 saturated carbocycles. The molecule has 0 aliphatic heterocycles. The monoisotopic (exact) mass is 500 g/mol. The maximum atomic E-state index is 13.1. The number of carbonyl (C=O) groups excluding carboxylic acids is 1. The molecule has 0 saturated heterocycles. The van der Waals surface area contributed by atoms with Crippen LogP contribution in [0.2, 0.25) is 5.02 Å². The molecule has 1 heterocycles. The van der Waals surface area contributed by atoms with E-state index >= 15 is 0 Å². The van der Waals surface area contributed by atoms with Crippen molar-refractivity contribution in [3.8, 4) is 17.6 Å². The standard InChI is InChI=1S/C24H22ClFN4O3S/c1-14(2)8-21-29-30-24(34-21)28-23(31)17(12-27)9-16-10-19(25)22(20(11-16)32-3)33-13-15-4-6-18(26)7-5-15/h4-7,9-11,14H,8,13H2,1-3H3,(H,28,30,31). The van der Waals surface area contributed by atoms with Crippen molar-refractivity contribution < 1.29 is 18.7 Å². The molecule has 3 rings (SSSR count). The van der Waals surface area contributed by atoms with Gasteiger partial charge in [-0.3, -0.25) is 10.1 Å². The fourth-order valence-corrected chi connectivity index (χ4v) is 4.14. The third kappa shape index (κ3) is 6.76. The van der Waals surface area contributed by atoms with Gasteiger partial charge < -0.3 is 9.47 Å². The first kappa shape index (κ1) is 25.1. The summed E-state index contributed by atoms with van der Waals surface area (Å²) >= 11 is 7.66. The van der Waals surface area contributed by atoms with Gasteiger partial charge in [0, 0.05) is 6.42 Å². The van der Waals surface area contributed by atoms with Gasteiger partial charge in [0.2, 0.25) is 5.13 Å². The van der Waals surface area contributed by atoms with E-state index in [0.29, 0.717) is 28.1 Å². The third-order valence-electron chi connectivity index (χ3n) is 4.49. The maximum absolute atomic E-state index is 13.1. The molecule has 0 atom stereocenters. The predicted molar refractivity (Wildman–Crippen MR) is 129 cm³/mol. The minimum absolute atomic E-state index is 0.140. The third-order valence-corrected chi connectivity index (χ3v) is 5.64. The van der Waals surface area contributed by atoms with Crippen molar-refractivity contribution in [2.75, 3.05) is 12.4 Å². The van der Waals surface area contributed by atoms with Gasteiger partial charge in [0.1, 0.15) is 29.1 Å². The van der Waals surface area contributed by atoms with Crippen LogP contribution in [0.4, 0.5) is 9.52 Å². The fourth-order valence-electron chi connectivity index (χ4n) is 2.91. The molecule has 176 valence electrons. The highest BCUT2D eigenvalue weighted by Crippen LogP contribution is 2.37. The zero-order valence-corrected chi connectivity index (χ0v) is 20.3. The van der Waals surface area contributed by atoms with Crippen LogP contribution in [0.25, 0.3) is 6.08 Å². The average Bonchev–Trinajstić information content (AvgIpc) is 3.23. The normalized spacial score (nSPS) is 11.3. The molecular formula is C24H22ClFN4O3S. The molecule has 3 aromatic rings. The number of nitrogens with zero attached hydrogens (tertiary/aromatic N) is 3. The molecule has 0 spiro atoms. The number of aromatic nitrogens is 2. The number of hydrogen-bond donors (Lipinski definition) is 1. The van der Waals surface area contributed by atoms with Gasteiger partial charge in [0.25, 0.3) is 5.91 Å². The Bertz CT molecular complexity index is 1240. The number of benzene rings is 2. The molecular weight excluding hydrogens is 479 g/mol. The zero-order chi connectivity index (χ0) is 24.7. The van der Waals surface area contributed by atoms with Crippen molar-refractivity contribution >= 4 is 40.1 Å². The number of halogens is 2. The van der Waals surface area contributed by atoms with E-state index in [-0.39, 0.29) is 23.0 Å². The average molecular weight is 501 g/mol. The number of carbonyl (C=O) groups is 1. The van der Waals surface area contributed by atoms with Gasteiger partial charge in [-0.2, -0.15) is 5.26 Å². The van der Waals surface area contributed by atoms with E-state index in [1.54, 1.807) is 24.3 Å². The Morgan fingerprint density at radius 3 is 2.68 bits per heavy atom. The van der Waals surface area contributed by atoms with Crippen molar-refractivity contribution in [2.45, 2.75) is 26.9 Å². The summed E-state index contributed by atoms with van der Waals surface area (Å²) in [6, 6.07) is 10.9. The van der Waals surface area contributed by atoms with Gasteiger partial charge in [0.15, 0.2) is 11.5 Å². The summed E-state index contributed by atoms with van der Waals surface area (Å²) in [4.78, 5) is 12.6. The molecule has 1 aromatic heterocycles. The summed E-state index contributed by atoms with van der Waals surface area (Å²) in [6.45, 7) is 4.28. The lowest BCUT2D eigenvalue weighted by molar-refractivity contribution is -0.112. The SMILES string of the molecule is COc1cc(C=C(C#N)C(=O)Nc2nnc(CC(C)C)s2)cc(Cl)c1OCc1ccc(F)cc1. The van der Waals surface area contributed by atoms with Crippen LogP contribution in [0.1, 0.15) is 30.0 Å². The molecule has 7 nitrogen and oxygen atoms in total. The largest absolute Gasteiger partial charge is 0.493 e. The van der Waals surface area contributed by atoms with E-state index < -0.39 is 5.91 Å². The van der Waals surface area contributed by atoms with Crippen LogP contribution in [0.5, 0.6) is 11.5 Å². The highest BCUT2D eigenvalue weighted by Gasteiger charge is 2.16. The van der Waals surface area contributed by atoms with Gasteiger partial charge in [-0.05, 0) is 47.4 Å². The maximum Gasteiger partial charge on any atom is 0.268 e. The number of hydrogen-bond acceptors (Lipinski definition) is 7. The lowest BCUT2D eigenvalue weighted by Crippen LogP contribution is -2.13. The van der Waals surface area contributed by atoms with E-state index in [1.165, 1.54) is 36.7 Å². The highest BCUT2D eigenvalue weighted by molar-refractivity contribution is 7.15. The molecule has 0 radical (unpaired) electrons. The van der Waals surface area contributed by atoms with E-state index in [4.69, 9.17) is 21.1 Å². The number of anilines is 1. The smallest absolute Gasteiger partial charge is 0.268 e. The van der Waals surface area contributed by atoms with Crippen LogP contribution >= 0.6 is 22.9 Å². The molecule has 1 N–H and O–H groups in total. The van der Waals surface area contributed by atoms with Crippen molar-refractivity contribution in [1.29, 1.82) is 5.26 Å². The number of amides is 1. The second-order valence-corrected chi connectivity index (χ2v) is 9.14. The van der Waals surface area contributed by atoms with Gasteiger partial charge >= 0.3 is 0 Å². The summed E-state index contributed by atoms with van der Waals surface area (Å²) < 4.78 is 24.2. The van der Waals surface area contributed by atoms with E-state index in [1.807, 2.05) is 6.07 Å². The zero-order valence-electron chi connectivity index (χ0n) is 18.8. The summed E-state index contributed by atoms with van der Waals surface area (Å²) in [5.74, 6) is 0.0750. The molecule has 0 fully saturated rings. The minimum atomic E-state index is -0.610. The van der Waals surface area contributed by atoms with Crippen LogP contribution in [-0.2, 0) is 17.8 Å². The molecule has 2 aromatic carbocycles. The second-order valence-electron chi connectivity index (χ2n) is 7.67. The topological polar surface area (TPSA) is 97.1 Å². The van der Waals surface area contributed by atoms with Crippen LogP contribution < -0.4 is 14.8 Å². The van der Waals surface area contributed by atoms with E-state index in [0.717, 1.165) is 17.0 Å². The van der Waals surface area contributed by atoms with Gasteiger partial charge in [-0.15, -0.1) is 10.2 Å². The molecule has 0 unspecified atom stereocenters. The van der Waals surface area contributed by atoms with Gasteiger partial charge in [0.05, 0.1) is 12.1 Å². The summed E-state index contributed by atoms with van der Waals surface area (Å²) in [5, 5.41) is 21.5. The minimum Gasteiger partial charge on any atom is -0.493 e. The fraction of sp³-hybridized carbons (Fsp3) is 0.250. The molecule has 34 heavy (non-hydrogen) atoms. The quantitative estimate of drug-likeness (QED) is 0.300. The summed E-state index contributed by atoms with van der Waals surface area (Å²) in [6.07, 6.45) is 2.14. The van der Waals surface area contributed by atoms with Crippen molar-refractivity contribution in [3.05, 3.63) is 68.9 Å². The van der Waals surface area contributed by atoms with Crippen LogP contribution in [0.3, 0.4) is 0 Å². The summed E-state index contributed by atoms with van der Waals surface area (Å²) in [7, 11) is 1.45. The number of nitrogens with one attached hydrogen (secondary N) is 1. The number of methoxy groups -OCH3 is 1. The number of ether oxygens (including phenoxy) is 2. The lowest BCUT2D eigenvalue weighted by Gasteiger charge is -2.13. The Kier molecular flexibility index (Phi) is 8.57. The van der Waals surface area contributed by atoms with Gasteiger partial charge in [-0.25, -0.2) is 4.39 Å². The highest BCUT2D eigenvalue weighted by atomic mass is 35.5. The number of nitriles is 1. The first-order chi connectivity index (χ1) is 16.3. The summed E-state index contributed by atoms with van der Waals surface area (Å²) in [5.41, 5.74) is 1.08. The van der Waals surface area contributed by atoms with Crippen molar-refractivity contribution in [3.63, 3.8) is 0 Å². The Hall–Kier alpha value is -3.48. The molecule has 0 aliphatic carbocycles. The Labute approximate surface area is 205 Å². The van der Waals surface area contributed by atoms with Gasteiger partial charge in [-0.1, -0.05) is 48.9 Å². The molecule has 0 aliphatic rings. The first-order valence-corrected chi connectivity index (χ1v) is 11.5. The number of rotatable bonds is 9. The molecule has 1 amide bonds. The molecule has 10 heteroatoms. The lowest BCUT2D eigenvalue weighted by atomic mass is 10.1. The van der Waals surface area contributed by atoms with Crippen molar-refractivity contribution in [2.24, 2.45) is 5.92 Å². The van der Waals surface area contributed by atoms with Crippen LogP contribution in [-0.4, -0.2) is 23.2 Å². The Balaban J connectivity index is 1.76. The molecule has 0 bridgehead atoms. The predicted octanol–water partition coefficient (Wildman–Crippen LogP) is 5.66. The van der Waals surface area contributed by atoms with E-state index in [2.05, 4.69) is 29.4 Å². The van der Waals surface area contributed by atoms with Crippen molar-refractivity contribution in [1.82, 2.24) is 10.2 Å². The Morgan fingerprint density at radius 1 is 1.29 bits per heavy atom. The second kappa shape index (κ2) is 11.6. The van der Waals surface area contributed by atoms with E-state index in [9.17, 15) is 14.4 Å². The van der Waals surface area contributed by atoms with Crippen LogP contribution in [0.15, 0.2) is 42.0 Å². The van der Waals surface area contributed by atoms with Crippen LogP contribution in [0, 0.1) is 23.1 Å².